The van der Waals surface area contributed by atoms with E-state index in [0.29, 0.717) is 12.4 Å². The summed E-state index contributed by atoms with van der Waals surface area (Å²) in [5, 5.41) is 6.46. The van der Waals surface area contributed by atoms with Gasteiger partial charge in [-0.25, -0.2) is 13.1 Å². The highest BCUT2D eigenvalue weighted by molar-refractivity contribution is 7.89. The van der Waals surface area contributed by atoms with Crippen LogP contribution in [0.3, 0.4) is 0 Å². The number of hydrogen-bond donors (Lipinski definition) is 3. The second-order valence-corrected chi connectivity index (χ2v) is 7.95. The summed E-state index contributed by atoms with van der Waals surface area (Å²) in [5.41, 5.74) is 7.29. The van der Waals surface area contributed by atoms with Gasteiger partial charge in [0.2, 0.25) is 27.6 Å². The molecular weight excluding hydrogens is 394 g/mol. The standard InChI is InChI=1S/C16H23N5O4S.ClH/c1-11(2)19-14(22)10-18-26(23,24)8-7-15-20-16(21-25-15)13-5-3-12(9-17)4-6-13;/h3-6,11,18H,7-10,17H2,1-2H3,(H,19,22);1H. The van der Waals surface area contributed by atoms with Crippen LogP contribution in [0.1, 0.15) is 25.3 Å². The molecule has 0 radical (unpaired) electrons. The molecule has 0 aliphatic rings. The molecule has 0 atom stereocenters. The maximum atomic E-state index is 11.9. The number of hydrogen-bond acceptors (Lipinski definition) is 7. The molecule has 9 nitrogen and oxygen atoms in total. The van der Waals surface area contributed by atoms with Crippen LogP contribution in [0.15, 0.2) is 28.8 Å². The summed E-state index contributed by atoms with van der Waals surface area (Å²) in [6.45, 7) is 3.73. The number of halogens is 1. The van der Waals surface area contributed by atoms with E-state index in [0.717, 1.165) is 11.1 Å². The third kappa shape index (κ3) is 7.63. The zero-order chi connectivity index (χ0) is 19.2. The van der Waals surface area contributed by atoms with E-state index in [1.54, 1.807) is 13.8 Å². The van der Waals surface area contributed by atoms with Crippen LogP contribution in [0.2, 0.25) is 0 Å². The minimum absolute atomic E-state index is 0. The molecule has 1 heterocycles. The Morgan fingerprint density at radius 3 is 2.52 bits per heavy atom. The quantitative estimate of drug-likeness (QED) is 0.542. The van der Waals surface area contributed by atoms with Gasteiger partial charge >= 0.3 is 0 Å². The molecule has 27 heavy (non-hydrogen) atoms. The van der Waals surface area contributed by atoms with Crippen molar-refractivity contribution in [2.45, 2.75) is 32.9 Å². The Hall–Kier alpha value is -2.01. The molecule has 2 aromatic rings. The SMILES string of the molecule is CC(C)NC(=O)CNS(=O)(=O)CCc1nc(-c2ccc(CN)cc2)no1.Cl. The molecule has 0 aliphatic heterocycles. The Kier molecular flexibility index (Phi) is 8.83. The molecule has 150 valence electrons. The predicted octanol–water partition coefficient (Wildman–Crippen LogP) is 0.604. The number of aromatic nitrogens is 2. The Labute approximate surface area is 164 Å². The van der Waals surface area contributed by atoms with E-state index >= 15 is 0 Å². The maximum absolute atomic E-state index is 11.9. The molecule has 0 spiro atoms. The van der Waals surface area contributed by atoms with Gasteiger partial charge in [-0.1, -0.05) is 29.4 Å². The van der Waals surface area contributed by atoms with Gasteiger partial charge in [0.25, 0.3) is 0 Å². The first-order chi connectivity index (χ1) is 12.3. The summed E-state index contributed by atoms with van der Waals surface area (Å²) in [5.74, 6) is -0.0508. The largest absolute Gasteiger partial charge is 0.353 e. The fourth-order valence-electron chi connectivity index (χ4n) is 2.11. The minimum Gasteiger partial charge on any atom is -0.353 e. The summed E-state index contributed by atoms with van der Waals surface area (Å²) < 4.78 is 31.2. The molecular formula is C16H24ClN5O4S. The number of sulfonamides is 1. The van der Waals surface area contributed by atoms with Gasteiger partial charge in [-0.15, -0.1) is 12.4 Å². The first-order valence-corrected chi connectivity index (χ1v) is 9.83. The predicted molar refractivity (Wildman–Crippen MR) is 104 cm³/mol. The van der Waals surface area contributed by atoms with Gasteiger partial charge in [-0.2, -0.15) is 4.98 Å². The number of rotatable bonds is 9. The fourth-order valence-corrected chi connectivity index (χ4v) is 3.04. The lowest BCUT2D eigenvalue weighted by molar-refractivity contribution is -0.120. The van der Waals surface area contributed by atoms with E-state index in [-0.39, 0.29) is 49.0 Å². The summed E-state index contributed by atoms with van der Waals surface area (Å²) in [4.78, 5) is 15.7. The summed E-state index contributed by atoms with van der Waals surface area (Å²) >= 11 is 0. The molecule has 0 aliphatic carbocycles. The van der Waals surface area contributed by atoms with Gasteiger partial charge in [0.05, 0.1) is 12.3 Å². The van der Waals surface area contributed by atoms with Crippen molar-refractivity contribution in [3.05, 3.63) is 35.7 Å². The van der Waals surface area contributed by atoms with Gasteiger partial charge in [0.1, 0.15) is 0 Å². The van der Waals surface area contributed by atoms with E-state index in [2.05, 4.69) is 20.2 Å². The number of nitrogens with one attached hydrogen (secondary N) is 2. The molecule has 2 rings (SSSR count). The molecule has 4 N–H and O–H groups in total. The van der Waals surface area contributed by atoms with Crippen LogP contribution in [0.4, 0.5) is 0 Å². The zero-order valence-electron chi connectivity index (χ0n) is 15.1. The monoisotopic (exact) mass is 417 g/mol. The highest BCUT2D eigenvalue weighted by Crippen LogP contribution is 2.16. The lowest BCUT2D eigenvalue weighted by Gasteiger charge is -2.09. The topological polar surface area (TPSA) is 140 Å². The van der Waals surface area contributed by atoms with Crippen LogP contribution < -0.4 is 15.8 Å². The molecule has 11 heteroatoms. The van der Waals surface area contributed by atoms with Crippen LogP contribution in [-0.2, 0) is 27.8 Å². The van der Waals surface area contributed by atoms with E-state index < -0.39 is 10.0 Å². The molecule has 0 fully saturated rings. The van der Waals surface area contributed by atoms with Crippen LogP contribution in [-0.4, -0.2) is 42.8 Å². The van der Waals surface area contributed by atoms with Crippen molar-refractivity contribution in [2.24, 2.45) is 5.73 Å². The number of carbonyl (C=O) groups excluding carboxylic acids is 1. The highest BCUT2D eigenvalue weighted by atomic mass is 35.5. The second kappa shape index (κ2) is 10.4. The number of nitrogens with two attached hydrogens (primary N) is 1. The lowest BCUT2D eigenvalue weighted by atomic mass is 10.1. The van der Waals surface area contributed by atoms with E-state index in [1.165, 1.54) is 0 Å². The molecule has 0 unspecified atom stereocenters. The van der Waals surface area contributed by atoms with Crippen LogP contribution >= 0.6 is 12.4 Å². The fraction of sp³-hybridized carbons (Fsp3) is 0.438. The average molecular weight is 418 g/mol. The second-order valence-electron chi connectivity index (χ2n) is 6.02. The maximum Gasteiger partial charge on any atom is 0.235 e. The number of nitrogens with zero attached hydrogens (tertiary/aromatic N) is 2. The minimum atomic E-state index is -3.63. The van der Waals surface area contributed by atoms with Gasteiger partial charge in [0.15, 0.2) is 0 Å². The van der Waals surface area contributed by atoms with Gasteiger partial charge in [-0.3, -0.25) is 4.79 Å². The number of benzene rings is 1. The van der Waals surface area contributed by atoms with E-state index in [9.17, 15) is 13.2 Å². The highest BCUT2D eigenvalue weighted by Gasteiger charge is 2.16. The van der Waals surface area contributed by atoms with Crippen molar-refractivity contribution in [1.82, 2.24) is 20.2 Å². The van der Waals surface area contributed by atoms with Crippen molar-refractivity contribution in [2.75, 3.05) is 12.3 Å². The number of carbonyl (C=O) groups is 1. The molecule has 1 aromatic heterocycles. The Morgan fingerprint density at radius 1 is 1.26 bits per heavy atom. The van der Waals surface area contributed by atoms with Gasteiger partial charge in [-0.05, 0) is 19.4 Å². The summed E-state index contributed by atoms with van der Waals surface area (Å²) in [6, 6.07) is 7.32. The third-order valence-electron chi connectivity index (χ3n) is 3.40. The Balaban J connectivity index is 0.00000364. The van der Waals surface area contributed by atoms with Crippen molar-refractivity contribution in [3.8, 4) is 11.4 Å². The Bertz CT molecular complexity index is 837. The molecule has 1 amide bonds. The van der Waals surface area contributed by atoms with Crippen molar-refractivity contribution in [3.63, 3.8) is 0 Å². The molecule has 0 saturated heterocycles. The van der Waals surface area contributed by atoms with Crippen LogP contribution in [0.25, 0.3) is 11.4 Å². The van der Waals surface area contributed by atoms with Crippen molar-refractivity contribution >= 4 is 28.3 Å². The van der Waals surface area contributed by atoms with Gasteiger partial charge in [0, 0.05) is 24.6 Å². The molecule has 1 aromatic carbocycles. The Morgan fingerprint density at radius 2 is 1.93 bits per heavy atom. The number of amides is 1. The lowest BCUT2D eigenvalue weighted by Crippen LogP contribution is -2.40. The van der Waals surface area contributed by atoms with Crippen LogP contribution in [0.5, 0.6) is 0 Å². The zero-order valence-corrected chi connectivity index (χ0v) is 16.8. The van der Waals surface area contributed by atoms with Crippen molar-refractivity contribution < 1.29 is 17.7 Å². The smallest absolute Gasteiger partial charge is 0.235 e. The number of aryl methyl sites for hydroxylation is 1. The molecule has 0 saturated carbocycles. The van der Waals surface area contributed by atoms with Crippen molar-refractivity contribution in [1.29, 1.82) is 0 Å². The molecule has 0 bridgehead atoms. The van der Waals surface area contributed by atoms with E-state index in [4.69, 9.17) is 10.3 Å². The van der Waals surface area contributed by atoms with Gasteiger partial charge < -0.3 is 15.6 Å². The summed E-state index contributed by atoms with van der Waals surface area (Å²) in [7, 11) is -3.63. The normalized spacial score (nSPS) is 11.3. The van der Waals surface area contributed by atoms with E-state index in [1.807, 2.05) is 24.3 Å². The first-order valence-electron chi connectivity index (χ1n) is 8.17. The average Bonchev–Trinajstić information content (AvgIpc) is 3.07. The van der Waals surface area contributed by atoms with Crippen LogP contribution in [0, 0.1) is 0 Å². The third-order valence-corrected chi connectivity index (χ3v) is 4.73. The summed E-state index contributed by atoms with van der Waals surface area (Å²) in [6.07, 6.45) is 0.0506. The first kappa shape index (κ1) is 23.0.